The summed E-state index contributed by atoms with van der Waals surface area (Å²) in [6.45, 7) is 4.47. The van der Waals surface area contributed by atoms with E-state index in [1.165, 1.54) is 12.1 Å². The number of halogens is 2. The number of aryl methyl sites for hydroxylation is 1. The number of hydrogen-bond donors (Lipinski definition) is 0. The molecule has 0 saturated carbocycles. The average Bonchev–Trinajstić information content (AvgIpc) is 3.46. The molecule has 1 aliphatic heterocycles. The van der Waals surface area contributed by atoms with E-state index >= 15 is 0 Å². The van der Waals surface area contributed by atoms with Gasteiger partial charge < -0.3 is 9.42 Å². The molecular formula is C25H22F2N4O2. The molecule has 0 saturated heterocycles. The van der Waals surface area contributed by atoms with E-state index in [-0.39, 0.29) is 29.0 Å². The van der Waals surface area contributed by atoms with Crippen LogP contribution in [0.3, 0.4) is 0 Å². The number of nitrogens with zero attached hydrogens (tertiary/aromatic N) is 4. The van der Waals surface area contributed by atoms with Crippen LogP contribution in [0.1, 0.15) is 47.1 Å². The van der Waals surface area contributed by atoms with Crippen molar-refractivity contribution in [3.8, 4) is 11.3 Å². The van der Waals surface area contributed by atoms with Crippen LogP contribution in [0.25, 0.3) is 11.3 Å². The lowest BCUT2D eigenvalue weighted by atomic mass is 9.71. The topological polar surface area (TPSA) is 64.2 Å². The summed E-state index contributed by atoms with van der Waals surface area (Å²) in [5.41, 5.74) is 2.80. The SMILES string of the molecule is C[C@H]1c2ccccc2[C@@](C)(c2cnn(C)c2)CN1C(=O)c1cc(-c2ccc(F)cc2F)on1. The third-order valence-corrected chi connectivity index (χ3v) is 6.49. The van der Waals surface area contributed by atoms with Gasteiger partial charge in [0.2, 0.25) is 0 Å². The maximum absolute atomic E-state index is 14.2. The highest BCUT2D eigenvalue weighted by Crippen LogP contribution is 2.44. The molecule has 0 fully saturated rings. The van der Waals surface area contributed by atoms with Gasteiger partial charge in [0.1, 0.15) is 11.6 Å². The fourth-order valence-electron chi connectivity index (χ4n) is 4.63. The van der Waals surface area contributed by atoms with Gasteiger partial charge in [-0.25, -0.2) is 8.78 Å². The van der Waals surface area contributed by atoms with E-state index < -0.39 is 17.0 Å². The van der Waals surface area contributed by atoms with E-state index in [0.717, 1.165) is 28.8 Å². The quantitative estimate of drug-likeness (QED) is 0.448. The van der Waals surface area contributed by atoms with Crippen LogP contribution in [0.5, 0.6) is 0 Å². The van der Waals surface area contributed by atoms with Crippen molar-refractivity contribution >= 4 is 5.91 Å². The maximum atomic E-state index is 14.2. The second-order valence-electron chi connectivity index (χ2n) is 8.63. The third kappa shape index (κ3) is 3.42. The zero-order valence-electron chi connectivity index (χ0n) is 18.4. The molecule has 1 amide bonds. The molecule has 0 radical (unpaired) electrons. The Balaban J connectivity index is 1.53. The first-order valence-corrected chi connectivity index (χ1v) is 10.6. The lowest BCUT2D eigenvalue weighted by Crippen LogP contribution is -2.49. The van der Waals surface area contributed by atoms with Gasteiger partial charge in [-0.15, -0.1) is 0 Å². The van der Waals surface area contributed by atoms with Crippen LogP contribution < -0.4 is 0 Å². The van der Waals surface area contributed by atoms with E-state index in [1.807, 2.05) is 44.6 Å². The smallest absolute Gasteiger partial charge is 0.276 e. The number of amides is 1. The molecule has 2 aromatic carbocycles. The molecular weight excluding hydrogens is 426 g/mol. The van der Waals surface area contributed by atoms with Crippen molar-refractivity contribution in [3.05, 3.63) is 94.9 Å². The fourth-order valence-corrected chi connectivity index (χ4v) is 4.63. The summed E-state index contributed by atoms with van der Waals surface area (Å²) < 4.78 is 34.5. The third-order valence-electron chi connectivity index (χ3n) is 6.49. The molecule has 5 rings (SSSR count). The van der Waals surface area contributed by atoms with Gasteiger partial charge >= 0.3 is 0 Å². The molecule has 4 aromatic rings. The highest BCUT2D eigenvalue weighted by Gasteiger charge is 2.43. The minimum atomic E-state index is -0.783. The van der Waals surface area contributed by atoms with Gasteiger partial charge in [-0.2, -0.15) is 5.10 Å². The first-order valence-electron chi connectivity index (χ1n) is 10.6. The molecule has 33 heavy (non-hydrogen) atoms. The predicted molar refractivity (Wildman–Crippen MR) is 117 cm³/mol. The number of aromatic nitrogens is 3. The summed E-state index contributed by atoms with van der Waals surface area (Å²) in [5, 5.41) is 8.24. The monoisotopic (exact) mass is 448 g/mol. The molecule has 3 heterocycles. The Morgan fingerprint density at radius 2 is 1.97 bits per heavy atom. The summed E-state index contributed by atoms with van der Waals surface area (Å²) in [6, 6.07) is 12.4. The molecule has 8 heteroatoms. The first kappa shape index (κ1) is 21.1. The Bertz CT molecular complexity index is 1360. The highest BCUT2D eigenvalue weighted by molar-refractivity contribution is 5.94. The number of rotatable bonds is 3. The number of benzene rings is 2. The van der Waals surface area contributed by atoms with Crippen LogP contribution in [0.15, 0.2) is 65.4 Å². The zero-order valence-corrected chi connectivity index (χ0v) is 18.4. The minimum Gasteiger partial charge on any atom is -0.355 e. The van der Waals surface area contributed by atoms with Gasteiger partial charge in [-0.05, 0) is 37.1 Å². The average molecular weight is 448 g/mol. The summed E-state index contributed by atoms with van der Waals surface area (Å²) in [4.78, 5) is 15.3. The van der Waals surface area contributed by atoms with Crippen molar-refractivity contribution in [1.29, 1.82) is 0 Å². The van der Waals surface area contributed by atoms with Gasteiger partial charge in [0.05, 0.1) is 17.8 Å². The van der Waals surface area contributed by atoms with Crippen molar-refractivity contribution in [2.75, 3.05) is 6.54 Å². The van der Waals surface area contributed by atoms with E-state index in [4.69, 9.17) is 4.52 Å². The molecule has 0 aliphatic carbocycles. The predicted octanol–water partition coefficient (Wildman–Crippen LogP) is 4.88. The molecule has 0 bridgehead atoms. The minimum absolute atomic E-state index is 0.0418. The Kier molecular flexibility index (Phi) is 4.88. The molecule has 1 aliphatic rings. The van der Waals surface area contributed by atoms with Crippen molar-refractivity contribution < 1.29 is 18.1 Å². The van der Waals surface area contributed by atoms with Crippen molar-refractivity contribution in [3.63, 3.8) is 0 Å². The van der Waals surface area contributed by atoms with Gasteiger partial charge in [-0.1, -0.05) is 29.4 Å². The van der Waals surface area contributed by atoms with Crippen molar-refractivity contribution in [1.82, 2.24) is 19.8 Å². The summed E-state index contributed by atoms with van der Waals surface area (Å²) in [6.07, 6.45) is 3.78. The van der Waals surface area contributed by atoms with Crippen LogP contribution in [0.4, 0.5) is 8.78 Å². The summed E-state index contributed by atoms with van der Waals surface area (Å²) >= 11 is 0. The highest BCUT2D eigenvalue weighted by atomic mass is 19.1. The number of carbonyl (C=O) groups is 1. The number of fused-ring (bicyclic) bond motifs is 1. The summed E-state index contributed by atoms with van der Waals surface area (Å²) in [7, 11) is 1.86. The lowest BCUT2D eigenvalue weighted by Gasteiger charge is -2.45. The van der Waals surface area contributed by atoms with Crippen LogP contribution in [0, 0.1) is 11.6 Å². The fraction of sp³-hybridized carbons (Fsp3) is 0.240. The van der Waals surface area contributed by atoms with Crippen LogP contribution >= 0.6 is 0 Å². The van der Waals surface area contributed by atoms with Gasteiger partial charge in [-0.3, -0.25) is 9.48 Å². The molecule has 2 atom stereocenters. The lowest BCUT2D eigenvalue weighted by molar-refractivity contribution is 0.0616. The standard InChI is InChI=1S/C25H22F2N4O2/c1-15-18-6-4-5-7-20(18)25(2,16-12-28-30(3)13-16)14-31(15)24(32)22-11-23(33-29-22)19-9-8-17(26)10-21(19)27/h4-13,15H,14H2,1-3H3/t15-,25+/m0/s1. The van der Waals surface area contributed by atoms with Gasteiger partial charge in [0.15, 0.2) is 11.5 Å². The van der Waals surface area contributed by atoms with Crippen molar-refractivity contribution in [2.24, 2.45) is 7.05 Å². The van der Waals surface area contributed by atoms with Gasteiger partial charge in [0.25, 0.3) is 5.91 Å². The Labute approximate surface area is 189 Å². The Hall–Kier alpha value is -3.81. The molecule has 6 nitrogen and oxygen atoms in total. The van der Waals surface area contributed by atoms with Gasteiger partial charge in [0, 0.05) is 42.9 Å². The molecule has 168 valence electrons. The van der Waals surface area contributed by atoms with Crippen molar-refractivity contribution in [2.45, 2.75) is 25.3 Å². The Morgan fingerprint density at radius 1 is 1.18 bits per heavy atom. The van der Waals surface area contributed by atoms with E-state index in [9.17, 15) is 13.6 Å². The maximum Gasteiger partial charge on any atom is 0.276 e. The normalized spacial score (nSPS) is 20.0. The molecule has 0 N–H and O–H groups in total. The number of hydrogen-bond acceptors (Lipinski definition) is 4. The second-order valence-corrected chi connectivity index (χ2v) is 8.63. The number of carbonyl (C=O) groups excluding carboxylic acids is 1. The van der Waals surface area contributed by atoms with Crippen LogP contribution in [0.2, 0.25) is 0 Å². The molecule has 0 unspecified atom stereocenters. The second kappa shape index (κ2) is 7.65. The van der Waals surface area contributed by atoms with E-state index in [2.05, 4.69) is 23.2 Å². The van der Waals surface area contributed by atoms with E-state index in [1.54, 1.807) is 9.58 Å². The first-order chi connectivity index (χ1) is 15.8. The molecule has 0 spiro atoms. The Morgan fingerprint density at radius 3 is 2.70 bits per heavy atom. The zero-order chi connectivity index (χ0) is 23.3. The summed E-state index contributed by atoms with van der Waals surface area (Å²) in [5.74, 6) is -1.74. The van der Waals surface area contributed by atoms with Crippen LogP contribution in [-0.2, 0) is 12.5 Å². The van der Waals surface area contributed by atoms with E-state index in [0.29, 0.717) is 6.54 Å². The van der Waals surface area contributed by atoms with Crippen LogP contribution in [-0.4, -0.2) is 32.3 Å². The molecule has 2 aromatic heterocycles. The largest absolute Gasteiger partial charge is 0.355 e.